The molecule has 0 atom stereocenters. The van der Waals surface area contributed by atoms with Crippen LogP contribution in [0.3, 0.4) is 0 Å². The van der Waals surface area contributed by atoms with E-state index in [4.69, 9.17) is 13.7 Å². The van der Waals surface area contributed by atoms with Gasteiger partial charge in [-0.15, -0.1) is 0 Å². The maximum atomic E-state index is 9.60. The zero-order valence-electron chi connectivity index (χ0n) is 58.5. The quantitative estimate of drug-likeness (QED) is 0.144. The van der Waals surface area contributed by atoms with Crippen LogP contribution in [0.5, 0.6) is 0 Å². The molecule has 8 aromatic rings. The van der Waals surface area contributed by atoms with Gasteiger partial charge in [0, 0.05) is 34.1 Å². The normalized spacial score (nSPS) is 17.9. The summed E-state index contributed by atoms with van der Waals surface area (Å²) in [5, 5.41) is 0. The molecular formula is C56H52N2. The van der Waals surface area contributed by atoms with Crippen LogP contribution < -0.4 is 9.80 Å². The molecule has 0 spiro atoms. The Labute approximate surface area is 382 Å². The Hall–Kier alpha value is -6.64. The molecule has 0 bridgehead atoms. The molecule has 0 aliphatic carbocycles. The zero-order valence-corrected chi connectivity index (χ0v) is 32.5. The summed E-state index contributed by atoms with van der Waals surface area (Å²) in [5.74, 6) is 0. The first-order valence-electron chi connectivity index (χ1n) is 31.2. The topological polar surface area (TPSA) is 6.48 Å². The van der Waals surface area contributed by atoms with Crippen LogP contribution in [0.4, 0.5) is 34.1 Å². The molecule has 8 aromatic carbocycles. The minimum Gasteiger partial charge on any atom is -0.311 e. The highest BCUT2D eigenvalue weighted by molar-refractivity contribution is 5.82. The van der Waals surface area contributed by atoms with Crippen LogP contribution in [0.25, 0.3) is 33.4 Å². The summed E-state index contributed by atoms with van der Waals surface area (Å²) in [6.07, 6.45) is 0. The average molecular weight is 779 g/mol. The molecule has 0 saturated heterocycles. The van der Waals surface area contributed by atoms with Gasteiger partial charge in [0.1, 0.15) is 0 Å². The van der Waals surface area contributed by atoms with Gasteiger partial charge in [0.2, 0.25) is 0 Å². The summed E-state index contributed by atoms with van der Waals surface area (Å²) >= 11 is 0. The van der Waals surface area contributed by atoms with Gasteiger partial charge in [-0.05, 0) is 128 Å². The molecule has 58 heavy (non-hydrogen) atoms. The van der Waals surface area contributed by atoms with Gasteiger partial charge in [0.05, 0.1) is 35.6 Å². The first kappa shape index (κ1) is 18.3. The predicted octanol–water partition coefficient (Wildman–Crippen LogP) is 16.2. The zero-order chi connectivity index (χ0) is 62.9. The lowest BCUT2D eigenvalue weighted by Crippen LogP contribution is -2.13. The fourth-order valence-corrected chi connectivity index (χ4v) is 5.88. The number of nitrogens with zero attached hydrogens (tertiary/aromatic N) is 2. The van der Waals surface area contributed by atoms with E-state index in [2.05, 4.69) is 0 Å². The molecule has 8 rings (SSSR count). The molecule has 0 aliphatic rings. The van der Waals surface area contributed by atoms with Crippen molar-refractivity contribution >= 4 is 34.1 Å². The van der Waals surface area contributed by atoms with Crippen LogP contribution in [0.2, 0.25) is 0 Å². The summed E-state index contributed by atoms with van der Waals surface area (Å²) in [6.45, 7) is 11.5. The minimum absolute atomic E-state index is 0.0207. The van der Waals surface area contributed by atoms with Crippen molar-refractivity contribution in [1.82, 2.24) is 0 Å². The Kier molecular flexibility index (Phi) is 5.07. The highest BCUT2D eigenvalue weighted by Crippen LogP contribution is 2.40. The summed E-state index contributed by atoms with van der Waals surface area (Å²) in [6, 6.07) is -10.4. The third-order valence-electron chi connectivity index (χ3n) is 9.07. The van der Waals surface area contributed by atoms with Gasteiger partial charge >= 0.3 is 0 Å². The maximum absolute atomic E-state index is 9.60. The highest BCUT2D eigenvalue weighted by Gasteiger charge is 2.19. The Balaban J connectivity index is 1.41. The summed E-state index contributed by atoms with van der Waals surface area (Å²) < 4.78 is 234. The second-order valence-electron chi connectivity index (χ2n) is 15.2. The van der Waals surface area contributed by atoms with Crippen LogP contribution in [0, 0.1) is 0 Å². The lowest BCUT2D eigenvalue weighted by atomic mass is 9.87. The van der Waals surface area contributed by atoms with Crippen LogP contribution in [-0.4, -0.2) is 0 Å². The van der Waals surface area contributed by atoms with Crippen molar-refractivity contribution in [2.24, 2.45) is 0 Å². The molecule has 0 fully saturated rings. The Bertz CT molecular complexity index is 3670. The third kappa shape index (κ3) is 8.38. The first-order chi connectivity index (χ1) is 38.9. The summed E-state index contributed by atoms with van der Waals surface area (Å²) in [4.78, 5) is 1.87. The van der Waals surface area contributed by atoms with Crippen LogP contribution >= 0.6 is 0 Å². The lowest BCUT2D eigenvalue weighted by molar-refractivity contribution is 0.590. The Morgan fingerprint density at radius 2 is 0.500 bits per heavy atom. The van der Waals surface area contributed by atoms with Gasteiger partial charge in [-0.25, -0.2) is 0 Å². The van der Waals surface area contributed by atoms with Gasteiger partial charge in [-0.2, -0.15) is 0 Å². The van der Waals surface area contributed by atoms with E-state index < -0.39 is 224 Å². The monoisotopic (exact) mass is 779 g/mol. The Morgan fingerprint density at radius 1 is 0.276 bits per heavy atom. The predicted molar refractivity (Wildman–Crippen MR) is 250 cm³/mol. The maximum Gasteiger partial charge on any atom is 0.0645 e. The van der Waals surface area contributed by atoms with Gasteiger partial charge in [-0.3, -0.25) is 0 Å². The van der Waals surface area contributed by atoms with Crippen molar-refractivity contribution in [3.8, 4) is 33.4 Å². The molecule has 2 nitrogen and oxygen atoms in total. The molecule has 0 unspecified atom stereocenters. The van der Waals surface area contributed by atoms with E-state index in [1.165, 1.54) is 24.3 Å². The molecule has 0 radical (unpaired) electrons. The van der Waals surface area contributed by atoms with E-state index >= 15 is 0 Å². The number of benzene rings is 8. The van der Waals surface area contributed by atoms with E-state index in [1.807, 2.05) is 41.5 Å². The summed E-state index contributed by atoms with van der Waals surface area (Å²) in [5.41, 5.74) is -6.26. The standard InChI is InChI=1S/C56H52N2/c1-55(2,3)47-25-37-53(38-26-47)57(49-29-17-43(18-30-49)41-13-9-7-10-14-41)51-33-21-45(22-34-51)46-23-35-52(36-24-46)58(54-39-27-48(28-40-54)56(4,5)6)50-31-19-44(20-32-50)42-15-11-8-12-16-42/h7-40H,1-6H3/i7D,8D,9D,10D,11D,12D,13D,14D,15D,16D,17D,18D,19D,20D,21D,22D,23D,24D,29D,30D,31D,32D,33D,34D,35D,36D. The van der Waals surface area contributed by atoms with E-state index in [0.717, 1.165) is 20.9 Å². The highest BCUT2D eigenvalue weighted by atomic mass is 15.1. The second-order valence-corrected chi connectivity index (χ2v) is 15.2. The molecule has 0 amide bonds. The number of hydrogen-bond donors (Lipinski definition) is 0. The van der Waals surface area contributed by atoms with Crippen LogP contribution in [0.1, 0.15) is 88.3 Å². The molecule has 0 aliphatic heterocycles. The third-order valence-corrected chi connectivity index (χ3v) is 9.07. The van der Waals surface area contributed by atoms with E-state index in [9.17, 15) is 21.9 Å². The van der Waals surface area contributed by atoms with Crippen molar-refractivity contribution in [3.63, 3.8) is 0 Å². The van der Waals surface area contributed by atoms with E-state index in [0.29, 0.717) is 0 Å². The largest absolute Gasteiger partial charge is 0.311 e. The fourth-order valence-electron chi connectivity index (χ4n) is 5.88. The van der Waals surface area contributed by atoms with Crippen LogP contribution in [-0.2, 0) is 10.8 Å². The van der Waals surface area contributed by atoms with E-state index in [-0.39, 0.29) is 11.4 Å². The molecule has 0 aromatic heterocycles. The van der Waals surface area contributed by atoms with Gasteiger partial charge in [0.25, 0.3) is 0 Å². The van der Waals surface area contributed by atoms with Crippen molar-refractivity contribution in [3.05, 3.63) is 217 Å². The van der Waals surface area contributed by atoms with Gasteiger partial charge in [-0.1, -0.05) is 175 Å². The first-order valence-corrected chi connectivity index (χ1v) is 18.2. The fraction of sp³-hybridized carbons (Fsp3) is 0.143. The molecule has 0 N–H and O–H groups in total. The molecule has 0 saturated carbocycles. The smallest absolute Gasteiger partial charge is 0.0645 e. The molecule has 286 valence electrons. The number of hydrogen-bond acceptors (Lipinski definition) is 2. The molecular weight excluding hydrogens is 701 g/mol. The van der Waals surface area contributed by atoms with Crippen molar-refractivity contribution in [1.29, 1.82) is 0 Å². The average Bonchev–Trinajstić information content (AvgIpc) is 0.891. The van der Waals surface area contributed by atoms with Crippen molar-refractivity contribution < 1.29 is 35.6 Å². The van der Waals surface area contributed by atoms with Crippen molar-refractivity contribution in [2.45, 2.75) is 52.4 Å². The summed E-state index contributed by atoms with van der Waals surface area (Å²) in [7, 11) is 0. The second kappa shape index (κ2) is 16.1. The van der Waals surface area contributed by atoms with Gasteiger partial charge in [0.15, 0.2) is 0 Å². The van der Waals surface area contributed by atoms with Gasteiger partial charge < -0.3 is 9.80 Å². The van der Waals surface area contributed by atoms with E-state index in [1.54, 1.807) is 24.3 Å². The van der Waals surface area contributed by atoms with Crippen LogP contribution in [0.15, 0.2) is 206 Å². The minimum atomic E-state index is -0.973. The SMILES string of the molecule is [2H]c1c([2H])c([2H])c(-c2c([2H])c([2H])c(N(c3ccc(C(C)(C)C)cc3)c3c([2H])c([2H])c(-c4c([2H])c([2H])c(N(c5ccc(C(C)(C)C)cc5)c5c([2H])c([2H])c(-c6c([2H])c([2H])c([2H])c([2H])c6[2H])c([2H])c5[2H])c([2H])c4[2H])c([2H])c3[2H])c([2H])c2[2H])c([2H])c1[2H]. The molecule has 0 heterocycles. The van der Waals surface area contributed by atoms with Crippen molar-refractivity contribution in [2.75, 3.05) is 9.80 Å². The molecule has 2 heteroatoms. The number of anilines is 6. The number of rotatable bonds is 9. The Morgan fingerprint density at radius 3 is 0.724 bits per heavy atom. The lowest BCUT2D eigenvalue weighted by Gasteiger charge is -2.28.